The van der Waals surface area contributed by atoms with Crippen molar-refractivity contribution >= 4 is 42.4 Å². The molecule has 1 rings (SSSR count). The van der Waals surface area contributed by atoms with E-state index in [1.165, 1.54) is 0 Å². The number of nitrogens with zero attached hydrogens (tertiary/aromatic N) is 1. The van der Waals surface area contributed by atoms with Crippen LogP contribution in [0.4, 0.5) is 0 Å². The second-order valence-electron chi connectivity index (χ2n) is 7.07. The number of esters is 2. The molecule has 0 heterocycles. The zero-order chi connectivity index (χ0) is 22.8. The van der Waals surface area contributed by atoms with Crippen molar-refractivity contribution in [3.63, 3.8) is 0 Å². The van der Waals surface area contributed by atoms with Crippen LogP contribution in [-0.4, -0.2) is 76.6 Å². The summed E-state index contributed by atoms with van der Waals surface area (Å²) in [5.41, 5.74) is 0. The summed E-state index contributed by atoms with van der Waals surface area (Å²) in [6, 6.07) is 6.94. The molecule has 0 fully saturated rings. The second-order valence-corrected chi connectivity index (χ2v) is 9.73. The average Bonchev–Trinajstić information content (AvgIpc) is 2.62. The molecule has 0 saturated carbocycles. The number of phosphoric ester groups is 1. The lowest BCUT2D eigenvalue weighted by Crippen LogP contribution is -2.37. The molecule has 0 aliphatic carbocycles. The SMILES string of the molecule is [CH]C(=O)OC[C@H](COP(=O)([O-])OCC[N+](C)(C)C)OC(=O)COc1ccc(I)cc1. The number of benzene rings is 1. The van der Waals surface area contributed by atoms with Gasteiger partial charge < -0.3 is 32.6 Å². The standard InChI is InChI=1S/C18H25INO9P/c1-14(21)25-11-17(12-28-30(23,24)27-10-9-20(2,3)4)29-18(22)13-26-16-7-5-15(19)6-8-16/h1,5-8,17H,9-13H2,2-4H3/t17-/m1/s1. The first kappa shape index (κ1) is 26.8. The van der Waals surface area contributed by atoms with Gasteiger partial charge in [0.1, 0.15) is 25.5 Å². The number of carbonyl (C=O) groups excluding carboxylic acids is 2. The maximum Gasteiger partial charge on any atom is 0.344 e. The van der Waals surface area contributed by atoms with Crippen molar-refractivity contribution in [2.45, 2.75) is 6.10 Å². The molecule has 2 atom stereocenters. The van der Waals surface area contributed by atoms with Gasteiger partial charge >= 0.3 is 11.9 Å². The summed E-state index contributed by atoms with van der Waals surface area (Å²) in [4.78, 5) is 34.7. The third-order valence-corrected chi connectivity index (χ3v) is 4.99. The van der Waals surface area contributed by atoms with Crippen molar-refractivity contribution in [3.05, 3.63) is 34.8 Å². The van der Waals surface area contributed by atoms with E-state index in [2.05, 4.69) is 27.3 Å². The third-order valence-electron chi connectivity index (χ3n) is 3.31. The van der Waals surface area contributed by atoms with Gasteiger partial charge in [-0.3, -0.25) is 9.36 Å². The Kier molecular flexibility index (Phi) is 11.2. The van der Waals surface area contributed by atoms with E-state index in [0.29, 0.717) is 16.8 Å². The van der Waals surface area contributed by atoms with Gasteiger partial charge in [-0.05, 0) is 46.9 Å². The molecule has 0 bridgehead atoms. The maximum absolute atomic E-state index is 12.0. The number of rotatable bonds is 13. The highest BCUT2D eigenvalue weighted by atomic mass is 127. The molecule has 1 unspecified atom stereocenters. The number of hydrogen-bond acceptors (Lipinski definition) is 9. The summed E-state index contributed by atoms with van der Waals surface area (Å²) in [6.07, 6.45) is -1.23. The predicted octanol–water partition coefficient (Wildman–Crippen LogP) is 1.04. The predicted molar refractivity (Wildman–Crippen MR) is 112 cm³/mol. The molecule has 0 aromatic heterocycles. The first-order chi connectivity index (χ1) is 13.9. The molecule has 0 aliphatic heterocycles. The molecule has 0 aliphatic rings. The summed E-state index contributed by atoms with van der Waals surface area (Å²) in [5, 5.41) is 0. The van der Waals surface area contributed by atoms with Crippen LogP contribution >= 0.6 is 30.4 Å². The Hall–Kier alpha value is -1.24. The van der Waals surface area contributed by atoms with Crippen LogP contribution in [0.3, 0.4) is 0 Å². The maximum atomic E-state index is 12.0. The fourth-order valence-electron chi connectivity index (χ4n) is 1.82. The van der Waals surface area contributed by atoms with E-state index in [-0.39, 0.29) is 6.61 Å². The lowest BCUT2D eigenvalue weighted by atomic mass is 10.3. The van der Waals surface area contributed by atoms with Gasteiger partial charge in [-0.25, -0.2) is 4.79 Å². The van der Waals surface area contributed by atoms with Gasteiger partial charge in [-0.1, -0.05) is 0 Å². The lowest BCUT2D eigenvalue weighted by molar-refractivity contribution is -0.870. The van der Waals surface area contributed by atoms with Crippen molar-refractivity contribution in [2.24, 2.45) is 0 Å². The molecular weight excluding hydrogens is 532 g/mol. The van der Waals surface area contributed by atoms with Gasteiger partial charge in [0.25, 0.3) is 7.82 Å². The Morgan fingerprint density at radius 2 is 1.80 bits per heavy atom. The lowest BCUT2D eigenvalue weighted by Gasteiger charge is -2.28. The van der Waals surface area contributed by atoms with E-state index in [0.717, 1.165) is 3.57 Å². The zero-order valence-electron chi connectivity index (χ0n) is 16.9. The van der Waals surface area contributed by atoms with Crippen LogP contribution in [0.1, 0.15) is 0 Å². The third kappa shape index (κ3) is 13.1. The Balaban J connectivity index is 2.54. The van der Waals surface area contributed by atoms with Crippen LogP contribution in [0.2, 0.25) is 0 Å². The molecule has 168 valence electrons. The Morgan fingerprint density at radius 1 is 1.17 bits per heavy atom. The minimum absolute atomic E-state index is 0.0869. The number of hydrogen-bond donors (Lipinski definition) is 0. The first-order valence-corrected chi connectivity index (χ1v) is 11.3. The highest BCUT2D eigenvalue weighted by Crippen LogP contribution is 2.38. The van der Waals surface area contributed by atoms with Gasteiger partial charge in [-0.2, -0.15) is 0 Å². The van der Waals surface area contributed by atoms with E-state index < -0.39 is 45.7 Å². The summed E-state index contributed by atoms with van der Waals surface area (Å²) in [7, 11) is 0.964. The number of carbonyl (C=O) groups is 2. The van der Waals surface area contributed by atoms with Crippen molar-refractivity contribution in [1.82, 2.24) is 0 Å². The highest BCUT2D eigenvalue weighted by molar-refractivity contribution is 14.1. The molecule has 1 aromatic carbocycles. The van der Waals surface area contributed by atoms with Gasteiger partial charge in [0, 0.05) is 3.57 Å². The van der Waals surface area contributed by atoms with Gasteiger partial charge in [0.05, 0.1) is 34.7 Å². The summed E-state index contributed by atoms with van der Waals surface area (Å²) in [5.74, 6) is -1.49. The van der Waals surface area contributed by atoms with Crippen LogP contribution < -0.4 is 9.63 Å². The summed E-state index contributed by atoms with van der Waals surface area (Å²) < 4.78 is 37.8. The second kappa shape index (κ2) is 12.6. The Labute approximate surface area is 189 Å². The minimum Gasteiger partial charge on any atom is -0.756 e. The molecule has 0 N–H and O–H groups in total. The number of ether oxygens (including phenoxy) is 3. The van der Waals surface area contributed by atoms with E-state index in [4.69, 9.17) is 25.4 Å². The minimum atomic E-state index is -4.65. The van der Waals surface area contributed by atoms with Crippen LogP contribution in [0.25, 0.3) is 0 Å². The van der Waals surface area contributed by atoms with Crippen molar-refractivity contribution in [3.8, 4) is 5.75 Å². The van der Waals surface area contributed by atoms with Gasteiger partial charge in [-0.15, -0.1) is 0 Å². The van der Waals surface area contributed by atoms with E-state index >= 15 is 0 Å². The molecular formula is C18H25INO9P. The Morgan fingerprint density at radius 3 is 2.37 bits per heavy atom. The van der Waals surface area contributed by atoms with Crippen LogP contribution in [0, 0.1) is 10.5 Å². The smallest absolute Gasteiger partial charge is 0.344 e. The molecule has 0 spiro atoms. The molecule has 0 saturated heterocycles. The number of quaternary nitrogens is 1. The normalized spacial score (nSPS) is 14.5. The highest BCUT2D eigenvalue weighted by Gasteiger charge is 2.21. The molecule has 12 heteroatoms. The Bertz CT molecular complexity index is 736. The van der Waals surface area contributed by atoms with Crippen molar-refractivity contribution in [1.29, 1.82) is 0 Å². The zero-order valence-corrected chi connectivity index (χ0v) is 20.0. The summed E-state index contributed by atoms with van der Waals surface area (Å²) in [6.45, 7) is 3.68. The monoisotopic (exact) mass is 557 g/mol. The van der Waals surface area contributed by atoms with E-state index in [1.807, 2.05) is 21.1 Å². The number of phosphoric acid groups is 1. The van der Waals surface area contributed by atoms with Crippen LogP contribution in [0.15, 0.2) is 24.3 Å². The topological polar surface area (TPSA) is 120 Å². The largest absolute Gasteiger partial charge is 0.756 e. The fourth-order valence-corrected chi connectivity index (χ4v) is 2.91. The molecule has 10 nitrogen and oxygen atoms in total. The average molecular weight is 557 g/mol. The molecule has 0 amide bonds. The number of halogens is 1. The van der Waals surface area contributed by atoms with Gasteiger partial charge in [0.15, 0.2) is 12.7 Å². The van der Waals surface area contributed by atoms with E-state index in [9.17, 15) is 19.0 Å². The van der Waals surface area contributed by atoms with Crippen molar-refractivity contribution < 1.29 is 46.8 Å². The van der Waals surface area contributed by atoms with E-state index in [1.54, 1.807) is 24.3 Å². The van der Waals surface area contributed by atoms with Crippen molar-refractivity contribution in [2.75, 3.05) is 54.1 Å². The molecule has 1 aromatic rings. The number of likely N-dealkylation sites (N-methyl/N-ethyl adjacent to an activating group) is 1. The summed E-state index contributed by atoms with van der Waals surface area (Å²) >= 11 is 2.12. The first-order valence-electron chi connectivity index (χ1n) is 8.77. The fraction of sp³-hybridized carbons (Fsp3) is 0.500. The quantitative estimate of drug-likeness (QED) is 0.152. The molecule has 2 radical (unpaired) electrons. The van der Waals surface area contributed by atoms with Crippen LogP contribution in [-0.2, 0) is 32.7 Å². The van der Waals surface area contributed by atoms with Crippen LogP contribution in [0.5, 0.6) is 5.75 Å². The molecule has 30 heavy (non-hydrogen) atoms. The van der Waals surface area contributed by atoms with Gasteiger partial charge in [0.2, 0.25) is 0 Å².